The molecule has 0 saturated heterocycles. The number of nitrogens with one attached hydrogen (secondary N) is 1. The van der Waals surface area contributed by atoms with E-state index in [0.717, 1.165) is 6.42 Å². The van der Waals surface area contributed by atoms with Crippen LogP contribution in [0.25, 0.3) is 0 Å². The highest BCUT2D eigenvalue weighted by Crippen LogP contribution is 2.33. The summed E-state index contributed by atoms with van der Waals surface area (Å²) < 4.78 is 22.4. The van der Waals surface area contributed by atoms with Crippen LogP contribution in [0.1, 0.15) is 13.3 Å². The molecule has 2 unspecified atom stereocenters. The van der Waals surface area contributed by atoms with Crippen LogP contribution in [0.15, 0.2) is 23.1 Å². The van der Waals surface area contributed by atoms with Crippen molar-refractivity contribution in [2.75, 3.05) is 11.1 Å². The van der Waals surface area contributed by atoms with Gasteiger partial charge in [0, 0.05) is 17.4 Å². The molecule has 1 aromatic rings. The fraction of sp³-hybridized carbons (Fsp3) is 0.400. The van der Waals surface area contributed by atoms with Gasteiger partial charge in [0.2, 0.25) is 10.0 Å². The van der Waals surface area contributed by atoms with Gasteiger partial charge in [0.15, 0.2) is 0 Å². The predicted molar refractivity (Wildman–Crippen MR) is 63.4 cm³/mol. The number of hydrogen-bond donors (Lipinski definition) is 3. The molecule has 0 bridgehead atoms. The van der Waals surface area contributed by atoms with Crippen molar-refractivity contribution in [1.82, 2.24) is 0 Å². The molecule has 0 aromatic heterocycles. The Bertz CT molecular complexity index is 513. The summed E-state index contributed by atoms with van der Waals surface area (Å²) in [6, 6.07) is 4.99. The van der Waals surface area contributed by atoms with Crippen LogP contribution in [0.5, 0.6) is 0 Å². The molecule has 0 amide bonds. The highest BCUT2D eigenvalue weighted by molar-refractivity contribution is 7.89. The molecule has 5 nitrogen and oxygen atoms in total. The van der Waals surface area contributed by atoms with E-state index >= 15 is 0 Å². The van der Waals surface area contributed by atoms with Gasteiger partial charge in [-0.2, -0.15) is 0 Å². The van der Waals surface area contributed by atoms with E-state index in [1.54, 1.807) is 6.07 Å². The Morgan fingerprint density at radius 3 is 2.50 bits per heavy atom. The van der Waals surface area contributed by atoms with E-state index in [1.165, 1.54) is 12.1 Å². The first-order valence-electron chi connectivity index (χ1n) is 5.06. The molecule has 6 heteroatoms. The number of anilines is 2. The fourth-order valence-corrected chi connectivity index (χ4v) is 2.20. The largest absolute Gasteiger partial charge is 0.399 e. The standard InChI is InChI=1S/C10H15N3O2S/c1-6-2-10(6)13-8-3-7(11)4-9(5-8)16(12,14)15/h3-6,10,13H,2,11H2,1H3,(H2,12,14,15). The maximum Gasteiger partial charge on any atom is 0.238 e. The minimum absolute atomic E-state index is 0.0447. The van der Waals surface area contributed by atoms with Gasteiger partial charge in [-0.15, -0.1) is 0 Å². The van der Waals surface area contributed by atoms with Crippen LogP contribution in [-0.4, -0.2) is 14.5 Å². The smallest absolute Gasteiger partial charge is 0.238 e. The van der Waals surface area contributed by atoms with Gasteiger partial charge in [-0.3, -0.25) is 0 Å². The summed E-state index contributed by atoms with van der Waals surface area (Å²) in [7, 11) is -3.70. The first kappa shape index (κ1) is 11.2. The Morgan fingerprint density at radius 1 is 1.38 bits per heavy atom. The molecule has 1 fully saturated rings. The second kappa shape index (κ2) is 3.64. The van der Waals surface area contributed by atoms with Crippen molar-refractivity contribution in [3.05, 3.63) is 18.2 Å². The van der Waals surface area contributed by atoms with Crippen molar-refractivity contribution in [2.24, 2.45) is 11.1 Å². The highest BCUT2D eigenvalue weighted by atomic mass is 32.2. The number of sulfonamides is 1. The predicted octanol–water partition coefficient (Wildman–Crippen LogP) is 0.736. The van der Waals surface area contributed by atoms with Gasteiger partial charge < -0.3 is 11.1 Å². The molecule has 88 valence electrons. The summed E-state index contributed by atoms with van der Waals surface area (Å²) in [5.74, 6) is 0.624. The van der Waals surface area contributed by atoms with E-state index < -0.39 is 10.0 Å². The monoisotopic (exact) mass is 241 g/mol. The van der Waals surface area contributed by atoms with Crippen LogP contribution >= 0.6 is 0 Å². The maximum atomic E-state index is 11.2. The zero-order valence-electron chi connectivity index (χ0n) is 8.97. The number of nitrogens with two attached hydrogens (primary N) is 2. The van der Waals surface area contributed by atoms with Gasteiger partial charge in [-0.05, 0) is 30.5 Å². The molecule has 0 aliphatic heterocycles. The number of rotatable bonds is 3. The van der Waals surface area contributed by atoms with Gasteiger partial charge >= 0.3 is 0 Å². The lowest BCUT2D eigenvalue weighted by molar-refractivity contribution is 0.598. The molecule has 0 heterocycles. The minimum atomic E-state index is -3.70. The van der Waals surface area contributed by atoms with E-state index in [9.17, 15) is 8.42 Å². The van der Waals surface area contributed by atoms with Crippen molar-refractivity contribution in [3.63, 3.8) is 0 Å². The molecule has 1 aliphatic rings. The van der Waals surface area contributed by atoms with Gasteiger partial charge in [0.05, 0.1) is 4.90 Å². The third kappa shape index (κ3) is 2.45. The van der Waals surface area contributed by atoms with Crippen molar-refractivity contribution in [1.29, 1.82) is 0 Å². The maximum absolute atomic E-state index is 11.2. The quantitative estimate of drug-likeness (QED) is 0.680. The number of primary sulfonamides is 1. The van der Waals surface area contributed by atoms with Crippen LogP contribution < -0.4 is 16.2 Å². The Morgan fingerprint density at radius 2 is 2.00 bits per heavy atom. The average molecular weight is 241 g/mol. The normalized spacial score (nSPS) is 24.1. The van der Waals surface area contributed by atoms with E-state index in [1.807, 2.05) is 0 Å². The first-order chi connectivity index (χ1) is 7.36. The van der Waals surface area contributed by atoms with Crippen molar-refractivity contribution >= 4 is 21.4 Å². The zero-order chi connectivity index (χ0) is 11.9. The summed E-state index contributed by atoms with van der Waals surface area (Å²) in [5.41, 5.74) is 6.72. The average Bonchev–Trinajstić information content (AvgIpc) is 2.79. The molecule has 5 N–H and O–H groups in total. The third-order valence-corrected chi connectivity index (χ3v) is 3.61. The molecule has 16 heavy (non-hydrogen) atoms. The lowest BCUT2D eigenvalue weighted by atomic mass is 10.3. The molecular formula is C10H15N3O2S. The number of hydrogen-bond acceptors (Lipinski definition) is 4. The Hall–Kier alpha value is -1.27. The topological polar surface area (TPSA) is 98.2 Å². The van der Waals surface area contributed by atoms with Crippen molar-refractivity contribution in [3.8, 4) is 0 Å². The van der Waals surface area contributed by atoms with Crippen LogP contribution in [0, 0.1) is 5.92 Å². The minimum Gasteiger partial charge on any atom is -0.399 e. The number of nitrogen functional groups attached to an aromatic ring is 1. The summed E-state index contributed by atoms with van der Waals surface area (Å²) in [6.07, 6.45) is 1.10. The summed E-state index contributed by atoms with van der Waals surface area (Å²) in [5, 5.41) is 8.28. The lowest BCUT2D eigenvalue weighted by Gasteiger charge is -2.08. The van der Waals surface area contributed by atoms with Gasteiger partial charge in [0.1, 0.15) is 0 Å². The molecule has 0 spiro atoms. The first-order valence-corrected chi connectivity index (χ1v) is 6.61. The fourth-order valence-electron chi connectivity index (χ4n) is 1.61. The van der Waals surface area contributed by atoms with Crippen LogP contribution in [0.2, 0.25) is 0 Å². The Labute approximate surface area is 94.9 Å². The Balaban J connectivity index is 2.29. The van der Waals surface area contributed by atoms with Gasteiger partial charge in [-0.1, -0.05) is 6.92 Å². The lowest BCUT2D eigenvalue weighted by Crippen LogP contribution is -2.13. The Kier molecular flexibility index (Phi) is 2.55. The van der Waals surface area contributed by atoms with Crippen molar-refractivity contribution in [2.45, 2.75) is 24.3 Å². The van der Waals surface area contributed by atoms with Crippen molar-refractivity contribution < 1.29 is 8.42 Å². The van der Waals surface area contributed by atoms with Crippen LogP contribution in [0.3, 0.4) is 0 Å². The molecule has 1 aliphatic carbocycles. The highest BCUT2D eigenvalue weighted by Gasteiger charge is 2.32. The molecule has 1 saturated carbocycles. The van der Waals surface area contributed by atoms with E-state index in [4.69, 9.17) is 10.9 Å². The summed E-state index contributed by atoms with van der Waals surface area (Å²) >= 11 is 0. The third-order valence-electron chi connectivity index (χ3n) is 2.72. The zero-order valence-corrected chi connectivity index (χ0v) is 9.79. The van der Waals surface area contributed by atoms with Gasteiger partial charge in [-0.25, -0.2) is 13.6 Å². The van der Waals surface area contributed by atoms with Gasteiger partial charge in [0.25, 0.3) is 0 Å². The van der Waals surface area contributed by atoms with E-state index in [-0.39, 0.29) is 4.90 Å². The van der Waals surface area contributed by atoms with Crippen LogP contribution in [0.4, 0.5) is 11.4 Å². The molecule has 2 atom stereocenters. The summed E-state index contributed by atoms with van der Waals surface area (Å²) in [6.45, 7) is 2.13. The molecule has 1 aromatic carbocycles. The second-order valence-electron chi connectivity index (χ2n) is 4.30. The molecule has 0 radical (unpaired) electrons. The molecular weight excluding hydrogens is 226 g/mol. The molecule has 2 rings (SSSR count). The van der Waals surface area contributed by atoms with Crippen LogP contribution in [-0.2, 0) is 10.0 Å². The second-order valence-corrected chi connectivity index (χ2v) is 5.86. The van der Waals surface area contributed by atoms with E-state index in [0.29, 0.717) is 23.3 Å². The summed E-state index contributed by atoms with van der Waals surface area (Å²) in [4.78, 5) is 0.0447. The number of benzene rings is 1. The van der Waals surface area contributed by atoms with E-state index in [2.05, 4.69) is 12.2 Å². The SMILES string of the molecule is CC1CC1Nc1cc(N)cc(S(N)(=O)=O)c1.